The Labute approximate surface area is 146 Å². The number of ether oxygens (including phenoxy) is 2. The first kappa shape index (κ1) is 18.4. The fourth-order valence-electron chi connectivity index (χ4n) is 2.07. The molecule has 11 nitrogen and oxygen atoms in total. The summed E-state index contributed by atoms with van der Waals surface area (Å²) in [6.07, 6.45) is 0. The molecular weight excluding hydrogens is 348 g/mol. The van der Waals surface area contributed by atoms with Gasteiger partial charge in [0.25, 0.3) is 11.4 Å². The second-order valence-corrected chi connectivity index (χ2v) is 4.86. The van der Waals surface area contributed by atoms with Crippen molar-refractivity contribution in [1.82, 2.24) is 0 Å². The number of hydrogen-bond donors (Lipinski definition) is 2. The molecule has 0 atom stereocenters. The van der Waals surface area contributed by atoms with Crippen molar-refractivity contribution in [3.63, 3.8) is 0 Å². The monoisotopic (exact) mass is 362 g/mol. The first-order valence-electron chi connectivity index (χ1n) is 7.08. The van der Waals surface area contributed by atoms with E-state index >= 15 is 0 Å². The topological polar surface area (TPSA) is 146 Å². The molecule has 2 N–H and O–H groups in total. The van der Waals surface area contributed by atoms with Crippen LogP contribution in [0.25, 0.3) is 0 Å². The number of nitro benzene ring substituents is 2. The summed E-state index contributed by atoms with van der Waals surface area (Å²) in [7, 11) is 2.61. The van der Waals surface area contributed by atoms with E-state index in [0.29, 0.717) is 0 Å². The highest BCUT2D eigenvalue weighted by molar-refractivity contribution is 6.01. The molecule has 26 heavy (non-hydrogen) atoms. The molecule has 0 saturated heterocycles. The Hall–Kier alpha value is -3.89. The van der Waals surface area contributed by atoms with Gasteiger partial charge in [-0.25, -0.2) is 4.79 Å². The molecule has 0 saturated carbocycles. The zero-order valence-corrected chi connectivity index (χ0v) is 13.7. The van der Waals surface area contributed by atoms with E-state index in [1.54, 1.807) is 0 Å². The minimum Gasteiger partial charge on any atom is -0.494 e. The van der Waals surface area contributed by atoms with Crippen LogP contribution in [0.3, 0.4) is 0 Å². The second-order valence-electron chi connectivity index (χ2n) is 4.86. The molecule has 0 aliphatic rings. The molecule has 136 valence electrons. The largest absolute Gasteiger partial charge is 0.494 e. The van der Waals surface area contributed by atoms with Crippen LogP contribution in [0.4, 0.5) is 27.5 Å². The number of nitrogens with zero attached hydrogens (tertiary/aromatic N) is 2. The third kappa shape index (κ3) is 4.14. The smallest absolute Gasteiger partial charge is 0.323 e. The van der Waals surface area contributed by atoms with Crippen LogP contribution in [0.2, 0.25) is 0 Å². The normalized spacial score (nSPS) is 9.92. The molecular formula is C15H14N4O7. The first-order chi connectivity index (χ1) is 12.3. The molecule has 2 rings (SSSR count). The summed E-state index contributed by atoms with van der Waals surface area (Å²) >= 11 is 0. The Morgan fingerprint density at radius 1 is 0.846 bits per heavy atom. The standard InChI is InChI=1S/C15H14N4O7/c1-25-13-7-9(18(21)22)3-5-11(13)16-15(20)17-12-6-4-10(19(23)24)8-14(12)26-2/h3-8H,1-2H3,(H2,16,17,20). The third-order valence-electron chi connectivity index (χ3n) is 3.29. The molecule has 0 bridgehead atoms. The SMILES string of the molecule is COc1cc([N+](=O)[O-])ccc1NC(=O)Nc1ccc([N+](=O)[O-])cc1OC. The molecule has 2 amide bonds. The van der Waals surface area contributed by atoms with Crippen molar-refractivity contribution in [1.29, 1.82) is 0 Å². The van der Waals surface area contributed by atoms with Crippen molar-refractivity contribution in [2.24, 2.45) is 0 Å². The lowest BCUT2D eigenvalue weighted by Crippen LogP contribution is -2.20. The molecule has 2 aromatic rings. The highest BCUT2D eigenvalue weighted by Gasteiger charge is 2.16. The lowest BCUT2D eigenvalue weighted by Gasteiger charge is -2.13. The minimum atomic E-state index is -0.690. The number of nitrogens with one attached hydrogen (secondary N) is 2. The minimum absolute atomic E-state index is 0.102. The van der Waals surface area contributed by atoms with Gasteiger partial charge in [-0.15, -0.1) is 0 Å². The zero-order chi connectivity index (χ0) is 19.3. The molecule has 0 aromatic heterocycles. The quantitative estimate of drug-likeness (QED) is 0.592. The average Bonchev–Trinajstić information content (AvgIpc) is 2.61. The van der Waals surface area contributed by atoms with Crippen LogP contribution in [0.5, 0.6) is 11.5 Å². The molecule has 0 spiro atoms. The summed E-state index contributed by atoms with van der Waals surface area (Å²) in [5.41, 5.74) is 0.0302. The maximum absolute atomic E-state index is 12.2. The first-order valence-corrected chi connectivity index (χ1v) is 7.08. The van der Waals surface area contributed by atoms with E-state index < -0.39 is 15.9 Å². The van der Waals surface area contributed by atoms with Crippen LogP contribution in [0, 0.1) is 20.2 Å². The summed E-state index contributed by atoms with van der Waals surface area (Å²) in [5, 5.41) is 26.5. The fraction of sp³-hybridized carbons (Fsp3) is 0.133. The summed E-state index contributed by atoms with van der Waals surface area (Å²) in [6.45, 7) is 0. The van der Waals surface area contributed by atoms with Gasteiger partial charge >= 0.3 is 6.03 Å². The van der Waals surface area contributed by atoms with E-state index in [4.69, 9.17) is 9.47 Å². The number of non-ortho nitro benzene ring substituents is 2. The number of anilines is 2. The molecule has 0 aliphatic heterocycles. The third-order valence-corrected chi connectivity index (χ3v) is 3.29. The van der Waals surface area contributed by atoms with Gasteiger partial charge in [0.15, 0.2) is 0 Å². The lowest BCUT2D eigenvalue weighted by molar-refractivity contribution is -0.385. The summed E-state index contributed by atoms with van der Waals surface area (Å²) in [4.78, 5) is 32.5. The summed E-state index contributed by atoms with van der Waals surface area (Å²) < 4.78 is 10.1. The Balaban J connectivity index is 2.19. The number of carbonyl (C=O) groups is 1. The number of methoxy groups -OCH3 is 2. The number of benzene rings is 2. The number of urea groups is 1. The van der Waals surface area contributed by atoms with Gasteiger partial charge in [-0.05, 0) is 12.1 Å². The van der Waals surface area contributed by atoms with Gasteiger partial charge in [0.05, 0.1) is 47.6 Å². The fourth-order valence-corrected chi connectivity index (χ4v) is 2.07. The molecule has 0 radical (unpaired) electrons. The Morgan fingerprint density at radius 3 is 1.54 bits per heavy atom. The van der Waals surface area contributed by atoms with Gasteiger partial charge in [-0.2, -0.15) is 0 Å². The number of hydrogen-bond acceptors (Lipinski definition) is 7. The van der Waals surface area contributed by atoms with Gasteiger partial charge in [0.2, 0.25) is 0 Å². The van der Waals surface area contributed by atoms with Crippen molar-refractivity contribution in [2.45, 2.75) is 0 Å². The Morgan fingerprint density at radius 2 is 1.23 bits per heavy atom. The van der Waals surface area contributed by atoms with E-state index in [1.807, 2.05) is 0 Å². The molecule has 0 aliphatic carbocycles. The van der Waals surface area contributed by atoms with Crippen molar-refractivity contribution in [2.75, 3.05) is 24.9 Å². The highest BCUT2D eigenvalue weighted by atomic mass is 16.6. The Bertz CT molecular complexity index is 800. The second kappa shape index (κ2) is 7.79. The van der Waals surface area contributed by atoms with Crippen LogP contribution in [0.15, 0.2) is 36.4 Å². The van der Waals surface area contributed by atoms with Crippen molar-refractivity contribution in [3.8, 4) is 11.5 Å². The number of carbonyl (C=O) groups excluding carboxylic acids is 1. The van der Waals surface area contributed by atoms with Crippen LogP contribution in [-0.4, -0.2) is 30.1 Å². The van der Waals surface area contributed by atoms with Gasteiger partial charge < -0.3 is 20.1 Å². The van der Waals surface area contributed by atoms with E-state index in [0.717, 1.165) is 0 Å². The molecule has 2 aromatic carbocycles. The van der Waals surface area contributed by atoms with Crippen LogP contribution < -0.4 is 20.1 Å². The maximum atomic E-state index is 12.2. The summed E-state index contributed by atoms with van der Waals surface area (Å²) in [5.74, 6) is 0.204. The van der Waals surface area contributed by atoms with Gasteiger partial charge in [0.1, 0.15) is 11.5 Å². The van der Waals surface area contributed by atoms with Crippen LogP contribution in [0.1, 0.15) is 0 Å². The molecule has 11 heteroatoms. The van der Waals surface area contributed by atoms with Gasteiger partial charge in [-0.3, -0.25) is 20.2 Å². The maximum Gasteiger partial charge on any atom is 0.323 e. The van der Waals surface area contributed by atoms with Crippen molar-refractivity contribution in [3.05, 3.63) is 56.6 Å². The number of rotatable bonds is 6. The van der Waals surface area contributed by atoms with Crippen LogP contribution in [-0.2, 0) is 0 Å². The van der Waals surface area contributed by atoms with Gasteiger partial charge in [-0.1, -0.05) is 0 Å². The molecule has 0 fully saturated rings. The van der Waals surface area contributed by atoms with Crippen LogP contribution >= 0.6 is 0 Å². The highest BCUT2D eigenvalue weighted by Crippen LogP contribution is 2.31. The average molecular weight is 362 g/mol. The predicted molar refractivity (Wildman–Crippen MR) is 91.9 cm³/mol. The van der Waals surface area contributed by atoms with E-state index in [9.17, 15) is 25.0 Å². The van der Waals surface area contributed by atoms with Gasteiger partial charge in [0, 0.05) is 12.1 Å². The molecule has 0 heterocycles. The van der Waals surface area contributed by atoms with E-state index in [-0.39, 0.29) is 34.2 Å². The zero-order valence-electron chi connectivity index (χ0n) is 13.7. The number of nitro groups is 2. The molecule has 0 unspecified atom stereocenters. The predicted octanol–water partition coefficient (Wildman–Crippen LogP) is 3.16. The van der Waals surface area contributed by atoms with Crippen molar-refractivity contribution >= 4 is 28.8 Å². The Kier molecular flexibility index (Phi) is 5.53. The van der Waals surface area contributed by atoms with E-state index in [1.165, 1.54) is 50.6 Å². The number of amides is 2. The van der Waals surface area contributed by atoms with Crippen molar-refractivity contribution < 1.29 is 24.1 Å². The lowest BCUT2D eigenvalue weighted by atomic mass is 10.2. The summed E-state index contributed by atoms with van der Waals surface area (Å²) in [6, 6.07) is 6.72. The van der Waals surface area contributed by atoms with E-state index in [2.05, 4.69) is 10.6 Å².